The monoisotopic (exact) mass is 585 g/mol. The Morgan fingerprint density at radius 3 is 2.00 bits per heavy atom. The molecule has 2 aromatic rings. The van der Waals surface area contributed by atoms with Gasteiger partial charge < -0.3 is 15.0 Å². The fourth-order valence-corrected chi connectivity index (χ4v) is 5.53. The first-order valence-electron chi connectivity index (χ1n) is 13.3. The first-order valence-corrected chi connectivity index (χ1v) is 13.3. The van der Waals surface area contributed by atoms with Gasteiger partial charge in [0.05, 0.1) is 17.2 Å². The minimum atomic E-state index is -5.00. The molecule has 41 heavy (non-hydrogen) atoms. The number of nitrogens with zero attached hydrogens (tertiary/aromatic N) is 2. The summed E-state index contributed by atoms with van der Waals surface area (Å²) in [4.78, 5) is 30.2. The number of carbonyl (C=O) groups is 2. The number of fused-ring (bicyclic) bond motifs is 1. The summed E-state index contributed by atoms with van der Waals surface area (Å²) in [6, 6.07) is 7.53. The molecule has 2 aliphatic rings. The van der Waals surface area contributed by atoms with Gasteiger partial charge in [-0.3, -0.25) is 9.69 Å². The van der Waals surface area contributed by atoms with Crippen molar-refractivity contribution in [1.29, 1.82) is 0 Å². The Bertz CT molecular complexity index is 1260. The third kappa shape index (κ3) is 6.47. The van der Waals surface area contributed by atoms with E-state index in [2.05, 4.69) is 5.32 Å². The van der Waals surface area contributed by atoms with E-state index in [-0.39, 0.29) is 24.7 Å². The van der Waals surface area contributed by atoms with Crippen molar-refractivity contribution in [2.45, 2.75) is 70.1 Å². The molecule has 1 N–H and O–H groups in total. The molecule has 0 aromatic heterocycles. The van der Waals surface area contributed by atoms with Gasteiger partial charge in [-0.15, -0.1) is 0 Å². The lowest BCUT2D eigenvalue weighted by molar-refractivity contribution is -0.143. The third-order valence-corrected chi connectivity index (χ3v) is 7.52. The molecule has 1 saturated heterocycles. The molecule has 12 heteroatoms. The molecule has 2 aromatic carbocycles. The molecule has 0 spiro atoms. The smallest absolute Gasteiger partial charge is 0.416 e. The number of alkyl halides is 6. The Morgan fingerprint density at radius 1 is 0.902 bits per heavy atom. The highest BCUT2D eigenvalue weighted by molar-refractivity contribution is 5.89. The van der Waals surface area contributed by atoms with Crippen LogP contribution in [-0.4, -0.2) is 53.6 Å². The largest absolute Gasteiger partial charge is 0.444 e. The second kappa shape index (κ2) is 10.8. The van der Waals surface area contributed by atoms with Crippen LogP contribution in [0.1, 0.15) is 68.0 Å². The van der Waals surface area contributed by atoms with Crippen molar-refractivity contribution >= 4 is 12.0 Å². The molecule has 1 aliphatic heterocycles. The molecule has 2 amide bonds. The van der Waals surface area contributed by atoms with Crippen molar-refractivity contribution in [3.63, 3.8) is 0 Å². The van der Waals surface area contributed by atoms with E-state index in [9.17, 15) is 35.9 Å². The van der Waals surface area contributed by atoms with E-state index in [1.807, 2.05) is 23.1 Å². The van der Waals surface area contributed by atoms with Crippen LogP contribution in [0.2, 0.25) is 0 Å². The molecular weight excluding hydrogens is 552 g/mol. The van der Waals surface area contributed by atoms with Crippen molar-refractivity contribution in [3.05, 3.63) is 70.3 Å². The summed E-state index contributed by atoms with van der Waals surface area (Å²) in [6.45, 7) is 7.85. The molecule has 0 radical (unpaired) electrons. The highest BCUT2D eigenvalue weighted by Crippen LogP contribution is 2.43. The number of aryl methyl sites for hydroxylation is 1. The van der Waals surface area contributed by atoms with Gasteiger partial charge in [-0.2, -0.15) is 26.3 Å². The van der Waals surface area contributed by atoms with Gasteiger partial charge in [0.1, 0.15) is 11.1 Å². The van der Waals surface area contributed by atoms with E-state index >= 15 is 0 Å². The Balaban J connectivity index is 1.63. The maximum absolute atomic E-state index is 14.1. The van der Waals surface area contributed by atoms with Gasteiger partial charge in [0.2, 0.25) is 5.91 Å². The zero-order valence-corrected chi connectivity index (χ0v) is 23.2. The summed E-state index contributed by atoms with van der Waals surface area (Å²) in [7, 11) is 0. The molecule has 1 fully saturated rings. The van der Waals surface area contributed by atoms with Gasteiger partial charge in [0.15, 0.2) is 0 Å². The molecule has 0 bridgehead atoms. The van der Waals surface area contributed by atoms with Gasteiger partial charge in [-0.1, -0.05) is 24.3 Å². The predicted molar refractivity (Wildman–Crippen MR) is 139 cm³/mol. The number of amides is 2. The van der Waals surface area contributed by atoms with Gasteiger partial charge >= 0.3 is 18.4 Å². The van der Waals surface area contributed by atoms with E-state index in [4.69, 9.17) is 4.74 Å². The quantitative estimate of drug-likeness (QED) is 0.428. The fraction of sp³-hybridized carbons (Fsp3) is 0.517. The molecule has 1 heterocycles. The maximum Gasteiger partial charge on any atom is 0.416 e. The maximum atomic E-state index is 14.1. The van der Waals surface area contributed by atoms with E-state index in [1.165, 1.54) is 6.92 Å². The molecule has 1 unspecified atom stereocenters. The summed E-state index contributed by atoms with van der Waals surface area (Å²) in [6.07, 6.45) is -9.54. The lowest BCUT2D eigenvalue weighted by atomic mass is 9.87. The Hall–Kier alpha value is -3.28. The van der Waals surface area contributed by atoms with Crippen LogP contribution in [0.4, 0.5) is 31.1 Å². The van der Waals surface area contributed by atoms with Crippen LogP contribution in [0.3, 0.4) is 0 Å². The molecule has 6 nitrogen and oxygen atoms in total. The topological polar surface area (TPSA) is 61.9 Å². The molecule has 224 valence electrons. The van der Waals surface area contributed by atoms with Gasteiger partial charge in [0.25, 0.3) is 0 Å². The second-order valence-corrected chi connectivity index (χ2v) is 11.5. The van der Waals surface area contributed by atoms with Crippen LogP contribution < -0.4 is 5.32 Å². The number of piperazine rings is 1. The average Bonchev–Trinajstić information content (AvgIpc) is 3.27. The molecular formula is C29H33F6N3O3. The molecule has 2 atom stereocenters. The van der Waals surface area contributed by atoms with Crippen LogP contribution in [0.15, 0.2) is 42.5 Å². The second-order valence-electron chi connectivity index (χ2n) is 11.5. The van der Waals surface area contributed by atoms with E-state index in [0.29, 0.717) is 38.1 Å². The van der Waals surface area contributed by atoms with Crippen LogP contribution in [0, 0.1) is 0 Å². The van der Waals surface area contributed by atoms with Gasteiger partial charge in [0, 0.05) is 26.2 Å². The first-order chi connectivity index (χ1) is 18.9. The van der Waals surface area contributed by atoms with Crippen molar-refractivity contribution in [2.75, 3.05) is 26.2 Å². The van der Waals surface area contributed by atoms with Crippen molar-refractivity contribution in [2.24, 2.45) is 0 Å². The summed E-state index contributed by atoms with van der Waals surface area (Å²) >= 11 is 0. The summed E-state index contributed by atoms with van der Waals surface area (Å²) in [5.74, 6) is -0.522. The van der Waals surface area contributed by atoms with Crippen molar-refractivity contribution in [3.8, 4) is 0 Å². The molecule has 1 aliphatic carbocycles. The van der Waals surface area contributed by atoms with E-state index in [1.54, 1.807) is 31.7 Å². The van der Waals surface area contributed by atoms with Crippen LogP contribution >= 0.6 is 0 Å². The number of hydrogen-bond acceptors (Lipinski definition) is 4. The Morgan fingerprint density at radius 2 is 1.46 bits per heavy atom. The standard InChI is InChI=1S/C29H33F6N3O3/c1-18(20-15-21(28(30,31)32)17-22(16-20)29(33,34)35)36-24(39)27(10-9-19-7-5-6-8-23(19)27)38-13-11-37(12-14-38)25(40)41-26(2,3)4/h5-8,15-18H,9-14H2,1-4H3,(H,36,39)/t18?,27-/m1/s1. The number of rotatable bonds is 4. The Labute approximate surface area is 234 Å². The number of hydrogen-bond donors (Lipinski definition) is 1. The van der Waals surface area contributed by atoms with Crippen molar-refractivity contribution in [1.82, 2.24) is 15.1 Å². The third-order valence-electron chi connectivity index (χ3n) is 7.52. The van der Waals surface area contributed by atoms with E-state index < -0.39 is 52.7 Å². The van der Waals surface area contributed by atoms with E-state index in [0.717, 1.165) is 11.1 Å². The lowest BCUT2D eigenvalue weighted by Gasteiger charge is -2.45. The average molecular weight is 586 g/mol. The zero-order chi connectivity index (χ0) is 30.4. The van der Waals surface area contributed by atoms with Gasteiger partial charge in [-0.05, 0) is 75.4 Å². The normalized spacial score (nSPS) is 20.9. The van der Waals surface area contributed by atoms with Crippen LogP contribution in [-0.2, 0) is 33.8 Å². The Kier molecular flexibility index (Phi) is 8.12. The highest BCUT2D eigenvalue weighted by Gasteiger charge is 2.51. The van der Waals surface area contributed by atoms with Crippen LogP contribution in [0.25, 0.3) is 0 Å². The van der Waals surface area contributed by atoms with Crippen molar-refractivity contribution < 1.29 is 40.7 Å². The summed E-state index contributed by atoms with van der Waals surface area (Å²) < 4.78 is 86.2. The predicted octanol–water partition coefficient (Wildman–Crippen LogP) is 6.30. The zero-order valence-electron chi connectivity index (χ0n) is 23.2. The number of benzene rings is 2. The lowest BCUT2D eigenvalue weighted by Crippen LogP contribution is -2.61. The summed E-state index contributed by atoms with van der Waals surface area (Å²) in [5.41, 5.74) is -3.41. The number of nitrogens with one attached hydrogen (secondary N) is 1. The van der Waals surface area contributed by atoms with Crippen LogP contribution in [0.5, 0.6) is 0 Å². The number of carbonyl (C=O) groups excluding carboxylic acids is 2. The summed E-state index contributed by atoms with van der Waals surface area (Å²) in [5, 5.41) is 2.72. The molecule has 0 saturated carbocycles. The number of ether oxygens (including phenoxy) is 1. The highest BCUT2D eigenvalue weighted by atomic mass is 19.4. The fourth-order valence-electron chi connectivity index (χ4n) is 5.53. The minimum absolute atomic E-state index is 0.0664. The SMILES string of the molecule is CC(NC(=O)[C@@]1(N2CCN(C(=O)OC(C)(C)C)CC2)CCc2ccccc21)c1cc(C(F)(F)F)cc(C(F)(F)F)c1. The van der Waals surface area contributed by atoms with Gasteiger partial charge in [-0.25, -0.2) is 4.79 Å². The minimum Gasteiger partial charge on any atom is -0.444 e. The molecule has 4 rings (SSSR count). The first kappa shape index (κ1) is 30.7. The number of halogens is 6.